The summed E-state index contributed by atoms with van der Waals surface area (Å²) in [7, 11) is 0. The number of benzene rings is 2. The van der Waals surface area contributed by atoms with Crippen molar-refractivity contribution in [2.45, 2.75) is 12.6 Å². The Morgan fingerprint density at radius 2 is 1.77 bits per heavy atom. The highest BCUT2D eigenvalue weighted by Gasteiger charge is 2.30. The third kappa shape index (κ3) is 3.26. The number of aromatic nitrogens is 4. The van der Waals surface area contributed by atoms with Crippen LogP contribution in [0.5, 0.6) is 0 Å². The van der Waals surface area contributed by atoms with Crippen LogP contribution in [0, 0.1) is 0 Å². The SMILES string of the molecule is O=c1c2c(Cc3cccc(C(F)(F)F)c3)n[nH]c2c2cccnc2n1-c1ccccc1. The molecule has 5 nitrogen and oxygen atoms in total. The van der Waals surface area contributed by atoms with Crippen molar-refractivity contribution in [2.24, 2.45) is 0 Å². The van der Waals surface area contributed by atoms with E-state index in [1.54, 1.807) is 30.5 Å². The smallest absolute Gasteiger partial charge is 0.277 e. The van der Waals surface area contributed by atoms with E-state index in [9.17, 15) is 18.0 Å². The maximum absolute atomic E-state index is 13.5. The summed E-state index contributed by atoms with van der Waals surface area (Å²) in [5.74, 6) is 0. The number of hydrogen-bond acceptors (Lipinski definition) is 3. The lowest BCUT2D eigenvalue weighted by Crippen LogP contribution is -2.20. The van der Waals surface area contributed by atoms with E-state index < -0.39 is 11.7 Å². The number of halogens is 3. The third-order valence-corrected chi connectivity index (χ3v) is 5.17. The van der Waals surface area contributed by atoms with Crippen molar-refractivity contribution in [3.8, 4) is 5.69 Å². The van der Waals surface area contributed by atoms with Crippen LogP contribution in [0.4, 0.5) is 13.2 Å². The van der Waals surface area contributed by atoms with Crippen molar-refractivity contribution >= 4 is 21.9 Å². The fourth-order valence-electron chi connectivity index (χ4n) is 3.78. The molecule has 0 radical (unpaired) electrons. The van der Waals surface area contributed by atoms with Gasteiger partial charge in [-0.15, -0.1) is 0 Å². The zero-order valence-electron chi connectivity index (χ0n) is 16.0. The molecule has 5 rings (SSSR count). The average molecular weight is 420 g/mol. The summed E-state index contributed by atoms with van der Waals surface area (Å²) >= 11 is 0. The van der Waals surface area contributed by atoms with Crippen LogP contribution < -0.4 is 5.56 Å². The Morgan fingerprint density at radius 3 is 2.55 bits per heavy atom. The summed E-state index contributed by atoms with van der Waals surface area (Å²) < 4.78 is 40.8. The summed E-state index contributed by atoms with van der Waals surface area (Å²) in [6, 6.07) is 17.7. The molecule has 5 aromatic rings. The second-order valence-corrected chi connectivity index (χ2v) is 7.15. The van der Waals surface area contributed by atoms with Gasteiger partial charge in [0.15, 0.2) is 0 Å². The van der Waals surface area contributed by atoms with Crippen molar-refractivity contribution in [1.82, 2.24) is 19.7 Å². The minimum absolute atomic E-state index is 0.0831. The number of aromatic amines is 1. The largest absolute Gasteiger partial charge is 0.416 e. The average Bonchev–Trinajstić information content (AvgIpc) is 3.18. The Balaban J connectivity index is 1.74. The molecule has 0 aliphatic heterocycles. The van der Waals surface area contributed by atoms with E-state index in [-0.39, 0.29) is 12.0 Å². The molecule has 0 saturated heterocycles. The molecule has 31 heavy (non-hydrogen) atoms. The number of para-hydroxylation sites is 1. The van der Waals surface area contributed by atoms with Gasteiger partial charge in [0.1, 0.15) is 5.65 Å². The number of nitrogens with zero attached hydrogens (tertiary/aromatic N) is 3. The van der Waals surface area contributed by atoms with Crippen LogP contribution >= 0.6 is 0 Å². The van der Waals surface area contributed by atoms with Gasteiger partial charge < -0.3 is 0 Å². The Morgan fingerprint density at radius 1 is 0.968 bits per heavy atom. The van der Waals surface area contributed by atoms with E-state index in [0.717, 1.165) is 12.1 Å². The van der Waals surface area contributed by atoms with Gasteiger partial charge in [-0.25, -0.2) is 4.98 Å². The number of nitrogens with one attached hydrogen (secondary N) is 1. The highest BCUT2D eigenvalue weighted by Crippen LogP contribution is 2.30. The number of pyridine rings is 2. The molecule has 0 unspecified atom stereocenters. The molecule has 0 aliphatic carbocycles. The van der Waals surface area contributed by atoms with Crippen LogP contribution in [0.15, 0.2) is 77.7 Å². The molecule has 0 bridgehead atoms. The maximum Gasteiger partial charge on any atom is 0.416 e. The van der Waals surface area contributed by atoms with Crippen molar-refractivity contribution in [3.63, 3.8) is 0 Å². The van der Waals surface area contributed by atoms with Crippen LogP contribution in [-0.2, 0) is 12.6 Å². The Hall–Kier alpha value is -3.94. The summed E-state index contributed by atoms with van der Waals surface area (Å²) in [4.78, 5) is 17.9. The minimum atomic E-state index is -4.44. The molecule has 1 N–H and O–H groups in total. The molecule has 3 heterocycles. The van der Waals surface area contributed by atoms with Gasteiger partial charge in [-0.05, 0) is 35.9 Å². The zero-order chi connectivity index (χ0) is 21.6. The molecule has 0 amide bonds. The minimum Gasteiger partial charge on any atom is -0.277 e. The predicted molar refractivity (Wildman–Crippen MR) is 111 cm³/mol. The monoisotopic (exact) mass is 420 g/mol. The highest BCUT2D eigenvalue weighted by atomic mass is 19.4. The fourth-order valence-corrected chi connectivity index (χ4v) is 3.78. The molecule has 0 atom stereocenters. The van der Waals surface area contributed by atoms with E-state index in [0.29, 0.717) is 38.9 Å². The van der Waals surface area contributed by atoms with Crippen LogP contribution in [0.25, 0.3) is 27.6 Å². The van der Waals surface area contributed by atoms with Crippen molar-refractivity contribution in [2.75, 3.05) is 0 Å². The normalized spacial score (nSPS) is 12.0. The van der Waals surface area contributed by atoms with Crippen LogP contribution in [0.3, 0.4) is 0 Å². The first kappa shape index (κ1) is 19.0. The topological polar surface area (TPSA) is 63.6 Å². The molecule has 2 aromatic carbocycles. The van der Waals surface area contributed by atoms with Crippen LogP contribution in [-0.4, -0.2) is 19.7 Å². The fraction of sp³-hybridized carbons (Fsp3) is 0.0870. The summed E-state index contributed by atoms with van der Waals surface area (Å²) in [6.07, 6.45) is -2.75. The standard InChI is InChI=1S/C23H15F3N4O/c24-23(25,26)15-7-4-6-14(12-15)13-18-19-20(29-28-18)17-10-5-11-27-21(17)30(22(19)31)16-8-2-1-3-9-16/h1-12H,13H2,(H,28,29). The van der Waals surface area contributed by atoms with Crippen molar-refractivity contribution in [1.29, 1.82) is 0 Å². The third-order valence-electron chi connectivity index (χ3n) is 5.17. The van der Waals surface area contributed by atoms with Gasteiger partial charge in [0.25, 0.3) is 5.56 Å². The second-order valence-electron chi connectivity index (χ2n) is 7.15. The van der Waals surface area contributed by atoms with E-state index >= 15 is 0 Å². The Bertz CT molecular complexity index is 1470. The number of rotatable bonds is 3. The van der Waals surface area contributed by atoms with E-state index in [1.807, 2.05) is 24.3 Å². The predicted octanol–water partition coefficient (Wildman–Crippen LogP) is 4.87. The van der Waals surface area contributed by atoms with Gasteiger partial charge in [-0.2, -0.15) is 18.3 Å². The number of H-pyrrole nitrogens is 1. The molecular formula is C23H15F3N4O. The van der Waals surface area contributed by atoms with Crippen molar-refractivity contribution < 1.29 is 13.2 Å². The molecule has 0 saturated carbocycles. The first-order valence-corrected chi connectivity index (χ1v) is 9.52. The molecule has 0 spiro atoms. The lowest BCUT2D eigenvalue weighted by atomic mass is 10.0. The second kappa shape index (κ2) is 7.09. The summed E-state index contributed by atoms with van der Waals surface area (Å²) in [5, 5.41) is 8.20. The first-order chi connectivity index (χ1) is 14.9. The summed E-state index contributed by atoms with van der Waals surface area (Å²) in [6.45, 7) is 0. The van der Waals surface area contributed by atoms with E-state index in [1.165, 1.54) is 10.6 Å². The maximum atomic E-state index is 13.5. The number of fused-ring (bicyclic) bond motifs is 3. The van der Waals surface area contributed by atoms with Gasteiger partial charge >= 0.3 is 6.18 Å². The van der Waals surface area contributed by atoms with Gasteiger partial charge in [-0.1, -0.05) is 36.4 Å². The van der Waals surface area contributed by atoms with Crippen LogP contribution in [0.2, 0.25) is 0 Å². The Kier molecular flexibility index (Phi) is 4.35. The summed E-state index contributed by atoms with van der Waals surface area (Å²) in [5.41, 5.74) is 1.37. The molecule has 3 aromatic heterocycles. The molecule has 154 valence electrons. The van der Waals surface area contributed by atoms with Gasteiger partial charge in [0, 0.05) is 18.0 Å². The number of alkyl halides is 3. The molecule has 0 fully saturated rings. The van der Waals surface area contributed by atoms with E-state index in [4.69, 9.17) is 0 Å². The lowest BCUT2D eigenvalue weighted by Gasteiger charge is -2.11. The Labute approximate surface area is 173 Å². The van der Waals surface area contributed by atoms with Gasteiger partial charge in [0.2, 0.25) is 0 Å². The zero-order valence-corrected chi connectivity index (χ0v) is 16.0. The molecule has 8 heteroatoms. The first-order valence-electron chi connectivity index (χ1n) is 9.52. The highest BCUT2D eigenvalue weighted by molar-refractivity contribution is 6.03. The van der Waals surface area contributed by atoms with Crippen molar-refractivity contribution in [3.05, 3.63) is 100 Å². The molecule has 0 aliphatic rings. The molecular weight excluding hydrogens is 405 g/mol. The van der Waals surface area contributed by atoms with E-state index in [2.05, 4.69) is 15.2 Å². The number of hydrogen-bond donors (Lipinski definition) is 1. The quantitative estimate of drug-likeness (QED) is 0.453. The van der Waals surface area contributed by atoms with Gasteiger partial charge in [0.05, 0.1) is 27.8 Å². The lowest BCUT2D eigenvalue weighted by molar-refractivity contribution is -0.137. The van der Waals surface area contributed by atoms with Gasteiger partial charge in [-0.3, -0.25) is 14.5 Å². The van der Waals surface area contributed by atoms with Crippen LogP contribution in [0.1, 0.15) is 16.8 Å².